The molecular weight excluding hydrogens is 282 g/mol. The minimum absolute atomic E-state index is 0.116. The second-order valence-electron chi connectivity index (χ2n) is 5.87. The quantitative estimate of drug-likeness (QED) is 0.823. The summed E-state index contributed by atoms with van der Waals surface area (Å²) in [7, 11) is 0. The molecule has 0 spiro atoms. The Kier molecular flexibility index (Phi) is 4.87. The van der Waals surface area contributed by atoms with Crippen molar-refractivity contribution < 1.29 is 9.84 Å². The average molecular weight is 305 g/mol. The van der Waals surface area contributed by atoms with Crippen molar-refractivity contribution >= 4 is 0 Å². The van der Waals surface area contributed by atoms with Crippen molar-refractivity contribution in [1.82, 2.24) is 24.5 Å². The standard InChI is InChI=1S/C15H23N5O2/c1-13-7-17-20(8-13)12-15-11-18(5-6-22-15)9-14(21)10-19-4-2-3-16-19/h2-4,7-8,14-15,21H,5-6,9-12H2,1H3. The number of morpholine rings is 1. The molecule has 2 aromatic rings. The number of aromatic nitrogens is 4. The summed E-state index contributed by atoms with van der Waals surface area (Å²) < 4.78 is 9.49. The molecule has 2 atom stereocenters. The van der Waals surface area contributed by atoms with Gasteiger partial charge in [-0.2, -0.15) is 10.2 Å². The van der Waals surface area contributed by atoms with Gasteiger partial charge in [-0.3, -0.25) is 14.3 Å². The van der Waals surface area contributed by atoms with Gasteiger partial charge in [-0.1, -0.05) is 0 Å². The highest BCUT2D eigenvalue weighted by Crippen LogP contribution is 2.09. The number of ether oxygens (including phenoxy) is 1. The molecule has 0 bridgehead atoms. The number of hydrogen-bond donors (Lipinski definition) is 1. The van der Waals surface area contributed by atoms with E-state index in [1.165, 1.54) is 0 Å². The van der Waals surface area contributed by atoms with E-state index in [2.05, 4.69) is 15.1 Å². The molecule has 0 aliphatic carbocycles. The highest BCUT2D eigenvalue weighted by Gasteiger charge is 2.23. The zero-order chi connectivity index (χ0) is 15.4. The third-order valence-electron chi connectivity index (χ3n) is 3.80. The van der Waals surface area contributed by atoms with E-state index in [9.17, 15) is 5.11 Å². The minimum Gasteiger partial charge on any atom is -0.390 e. The van der Waals surface area contributed by atoms with Crippen molar-refractivity contribution in [3.05, 3.63) is 36.4 Å². The van der Waals surface area contributed by atoms with Crippen molar-refractivity contribution in [2.75, 3.05) is 26.2 Å². The molecule has 3 rings (SSSR count). The van der Waals surface area contributed by atoms with Crippen LogP contribution in [0.5, 0.6) is 0 Å². The lowest BCUT2D eigenvalue weighted by atomic mass is 10.2. The Hall–Kier alpha value is -1.70. The van der Waals surface area contributed by atoms with Crippen LogP contribution in [0.1, 0.15) is 5.56 Å². The van der Waals surface area contributed by atoms with E-state index in [1.807, 2.05) is 36.3 Å². The summed E-state index contributed by atoms with van der Waals surface area (Å²) in [6, 6.07) is 1.86. The Morgan fingerprint density at radius 3 is 3.00 bits per heavy atom. The number of hydrogen-bond acceptors (Lipinski definition) is 5. The maximum absolute atomic E-state index is 10.2. The number of aliphatic hydroxyl groups excluding tert-OH is 1. The molecule has 2 aromatic heterocycles. The monoisotopic (exact) mass is 305 g/mol. The van der Waals surface area contributed by atoms with Crippen molar-refractivity contribution in [3.63, 3.8) is 0 Å². The Morgan fingerprint density at radius 1 is 1.36 bits per heavy atom. The smallest absolute Gasteiger partial charge is 0.0898 e. The van der Waals surface area contributed by atoms with Gasteiger partial charge in [-0.05, 0) is 18.6 Å². The molecule has 0 saturated carbocycles. The van der Waals surface area contributed by atoms with Crippen LogP contribution >= 0.6 is 0 Å². The molecule has 22 heavy (non-hydrogen) atoms. The normalized spacial score (nSPS) is 21.1. The van der Waals surface area contributed by atoms with Crippen molar-refractivity contribution in [2.45, 2.75) is 32.2 Å². The molecule has 2 unspecified atom stereocenters. The second kappa shape index (κ2) is 7.04. The first-order valence-electron chi connectivity index (χ1n) is 7.67. The topological polar surface area (TPSA) is 68.3 Å². The largest absolute Gasteiger partial charge is 0.390 e. The van der Waals surface area contributed by atoms with Gasteiger partial charge in [0, 0.05) is 38.2 Å². The predicted octanol–water partition coefficient (Wildman–Crippen LogP) is 0.150. The predicted molar refractivity (Wildman–Crippen MR) is 81.4 cm³/mol. The van der Waals surface area contributed by atoms with Crippen molar-refractivity contribution in [1.29, 1.82) is 0 Å². The lowest BCUT2D eigenvalue weighted by molar-refractivity contribution is -0.0497. The zero-order valence-electron chi connectivity index (χ0n) is 12.9. The molecule has 0 radical (unpaired) electrons. The number of β-amino-alcohol motifs (C(OH)–C–C–N with tert-alkyl or cyclic N) is 1. The first kappa shape index (κ1) is 15.2. The summed E-state index contributed by atoms with van der Waals surface area (Å²) in [5.74, 6) is 0. The summed E-state index contributed by atoms with van der Waals surface area (Å²) in [6.45, 7) is 6.30. The lowest BCUT2D eigenvalue weighted by Crippen LogP contribution is -2.47. The van der Waals surface area contributed by atoms with E-state index in [1.54, 1.807) is 10.9 Å². The van der Waals surface area contributed by atoms with E-state index >= 15 is 0 Å². The van der Waals surface area contributed by atoms with E-state index < -0.39 is 6.10 Å². The Morgan fingerprint density at radius 2 is 2.27 bits per heavy atom. The second-order valence-corrected chi connectivity index (χ2v) is 5.87. The van der Waals surface area contributed by atoms with E-state index in [4.69, 9.17) is 4.74 Å². The molecule has 120 valence electrons. The molecule has 1 fully saturated rings. The number of aryl methyl sites for hydroxylation is 1. The van der Waals surface area contributed by atoms with Gasteiger partial charge in [0.25, 0.3) is 0 Å². The highest BCUT2D eigenvalue weighted by atomic mass is 16.5. The average Bonchev–Trinajstić information content (AvgIpc) is 3.11. The first-order chi connectivity index (χ1) is 10.7. The zero-order valence-corrected chi connectivity index (χ0v) is 12.9. The van der Waals surface area contributed by atoms with E-state index in [0.29, 0.717) is 19.7 Å². The van der Waals surface area contributed by atoms with Gasteiger partial charge < -0.3 is 9.84 Å². The molecule has 0 amide bonds. The third kappa shape index (κ3) is 4.16. The van der Waals surface area contributed by atoms with Crippen LogP contribution in [0.2, 0.25) is 0 Å². The van der Waals surface area contributed by atoms with Crippen LogP contribution in [0.4, 0.5) is 0 Å². The molecule has 1 aliphatic heterocycles. The van der Waals surface area contributed by atoms with Gasteiger partial charge in [0.15, 0.2) is 0 Å². The van der Waals surface area contributed by atoms with Gasteiger partial charge in [0.1, 0.15) is 0 Å². The maximum atomic E-state index is 10.2. The fraction of sp³-hybridized carbons (Fsp3) is 0.600. The van der Waals surface area contributed by atoms with Gasteiger partial charge >= 0.3 is 0 Å². The summed E-state index contributed by atoms with van der Waals surface area (Å²) in [4.78, 5) is 2.25. The van der Waals surface area contributed by atoms with Crippen LogP contribution in [-0.2, 0) is 17.8 Å². The third-order valence-corrected chi connectivity index (χ3v) is 3.80. The van der Waals surface area contributed by atoms with Crippen LogP contribution in [0.15, 0.2) is 30.9 Å². The molecule has 3 heterocycles. The van der Waals surface area contributed by atoms with Gasteiger partial charge in [0.2, 0.25) is 0 Å². The van der Waals surface area contributed by atoms with Crippen molar-refractivity contribution in [2.24, 2.45) is 0 Å². The Labute approximate surface area is 130 Å². The summed E-state index contributed by atoms with van der Waals surface area (Å²) in [5, 5.41) is 18.6. The van der Waals surface area contributed by atoms with E-state index in [-0.39, 0.29) is 6.10 Å². The van der Waals surface area contributed by atoms with Crippen LogP contribution in [0, 0.1) is 6.92 Å². The number of aliphatic hydroxyl groups is 1. The Balaban J connectivity index is 1.47. The summed E-state index contributed by atoms with van der Waals surface area (Å²) in [5.41, 5.74) is 1.15. The van der Waals surface area contributed by atoms with Crippen LogP contribution in [-0.4, -0.2) is 68.0 Å². The molecule has 0 aromatic carbocycles. The minimum atomic E-state index is -0.425. The van der Waals surface area contributed by atoms with Gasteiger partial charge in [-0.15, -0.1) is 0 Å². The number of rotatable bonds is 6. The highest BCUT2D eigenvalue weighted by molar-refractivity contribution is 4.99. The molecule has 7 nitrogen and oxygen atoms in total. The molecule has 1 N–H and O–H groups in total. The first-order valence-corrected chi connectivity index (χ1v) is 7.67. The number of nitrogens with zero attached hydrogens (tertiary/aromatic N) is 5. The molecule has 7 heteroatoms. The molecular formula is C15H23N5O2. The molecule has 1 saturated heterocycles. The van der Waals surface area contributed by atoms with Gasteiger partial charge in [0.05, 0.1) is 38.1 Å². The van der Waals surface area contributed by atoms with Crippen LogP contribution < -0.4 is 0 Å². The maximum Gasteiger partial charge on any atom is 0.0898 e. The fourth-order valence-corrected chi connectivity index (χ4v) is 2.81. The van der Waals surface area contributed by atoms with E-state index in [0.717, 1.165) is 25.2 Å². The van der Waals surface area contributed by atoms with Crippen LogP contribution in [0.25, 0.3) is 0 Å². The summed E-state index contributed by atoms with van der Waals surface area (Å²) in [6.07, 6.45) is 7.16. The lowest BCUT2D eigenvalue weighted by Gasteiger charge is -2.34. The van der Waals surface area contributed by atoms with Gasteiger partial charge in [-0.25, -0.2) is 0 Å². The van der Waals surface area contributed by atoms with Crippen LogP contribution in [0.3, 0.4) is 0 Å². The fourth-order valence-electron chi connectivity index (χ4n) is 2.81. The van der Waals surface area contributed by atoms with Crippen molar-refractivity contribution in [3.8, 4) is 0 Å². The SMILES string of the molecule is Cc1cnn(CC2CN(CC(O)Cn3cccn3)CCO2)c1. The summed E-state index contributed by atoms with van der Waals surface area (Å²) >= 11 is 0. The molecule has 1 aliphatic rings. The Bertz CT molecular complexity index is 568.